The van der Waals surface area contributed by atoms with Crippen molar-refractivity contribution in [3.8, 4) is 0 Å². The van der Waals surface area contributed by atoms with Crippen LogP contribution >= 0.6 is 11.6 Å². The van der Waals surface area contributed by atoms with Crippen LogP contribution in [0.4, 0.5) is 11.5 Å². The predicted molar refractivity (Wildman–Crippen MR) is 105 cm³/mol. The lowest BCUT2D eigenvalue weighted by molar-refractivity contribution is -0.0325. The fourth-order valence-electron chi connectivity index (χ4n) is 4.16. The predicted octanol–water partition coefficient (Wildman–Crippen LogP) is 3.52. The van der Waals surface area contributed by atoms with Gasteiger partial charge in [-0.25, -0.2) is 9.97 Å². The smallest absolute Gasteiger partial charge is 0.276 e. The summed E-state index contributed by atoms with van der Waals surface area (Å²) in [4.78, 5) is 34.3. The zero-order valence-corrected chi connectivity index (χ0v) is 17.1. The molecule has 2 aromatic heterocycles. The maximum absolute atomic E-state index is 13.5. The van der Waals surface area contributed by atoms with Crippen molar-refractivity contribution in [1.29, 1.82) is 0 Å². The standard InChI is InChI=1S/C19H24ClN5O2/c1-17(2,3)19(18(4,5)6)24-15(26)14-11(20)9-12(16(27)25(14)19)23-13-7-8-21-10-22-13/h7-10H,1-6H3,(H,24,26)(H,21,22,23). The van der Waals surface area contributed by atoms with Crippen molar-refractivity contribution in [3.05, 3.63) is 45.7 Å². The van der Waals surface area contributed by atoms with Gasteiger partial charge >= 0.3 is 0 Å². The van der Waals surface area contributed by atoms with Crippen molar-refractivity contribution < 1.29 is 4.79 Å². The lowest BCUT2D eigenvalue weighted by Crippen LogP contribution is -2.63. The number of halogens is 1. The van der Waals surface area contributed by atoms with Crippen molar-refractivity contribution in [2.24, 2.45) is 10.8 Å². The Morgan fingerprint density at radius 1 is 1.15 bits per heavy atom. The Morgan fingerprint density at radius 2 is 1.78 bits per heavy atom. The first-order valence-corrected chi connectivity index (χ1v) is 9.09. The SMILES string of the molecule is CC(C)(C)C1(C(C)(C)C)NC(=O)c2c(Cl)cc(Nc3ccncn3)c(=O)n21. The molecule has 3 rings (SSSR count). The summed E-state index contributed by atoms with van der Waals surface area (Å²) < 4.78 is 1.52. The van der Waals surface area contributed by atoms with Gasteiger partial charge in [-0.1, -0.05) is 53.1 Å². The van der Waals surface area contributed by atoms with Crippen LogP contribution in [0, 0.1) is 10.8 Å². The summed E-state index contributed by atoms with van der Waals surface area (Å²) in [6.07, 6.45) is 2.95. The van der Waals surface area contributed by atoms with Crippen LogP contribution in [-0.4, -0.2) is 20.4 Å². The Kier molecular flexibility index (Phi) is 4.34. The number of carbonyl (C=O) groups excluding carboxylic acids is 1. The first-order chi connectivity index (χ1) is 12.4. The highest BCUT2D eigenvalue weighted by molar-refractivity contribution is 6.34. The van der Waals surface area contributed by atoms with E-state index in [0.717, 1.165) is 0 Å². The van der Waals surface area contributed by atoms with E-state index in [-0.39, 0.29) is 27.9 Å². The maximum atomic E-state index is 13.5. The molecule has 0 unspecified atom stereocenters. The number of hydrogen-bond acceptors (Lipinski definition) is 5. The number of anilines is 2. The van der Waals surface area contributed by atoms with Gasteiger partial charge in [0.15, 0.2) is 0 Å². The molecule has 0 saturated heterocycles. The number of carbonyl (C=O) groups is 1. The molecule has 0 spiro atoms. The van der Waals surface area contributed by atoms with Crippen LogP contribution in [0.15, 0.2) is 29.5 Å². The second-order valence-corrected chi connectivity index (χ2v) is 9.19. The van der Waals surface area contributed by atoms with Gasteiger partial charge in [0.05, 0.1) is 5.02 Å². The van der Waals surface area contributed by atoms with Crippen LogP contribution in [0.1, 0.15) is 52.0 Å². The molecule has 27 heavy (non-hydrogen) atoms. The number of nitrogens with one attached hydrogen (secondary N) is 2. The molecular formula is C19H24ClN5O2. The van der Waals surface area contributed by atoms with Gasteiger partial charge in [-0.05, 0) is 12.1 Å². The lowest BCUT2D eigenvalue weighted by atomic mass is 9.66. The normalized spacial score (nSPS) is 16.0. The second kappa shape index (κ2) is 6.05. The summed E-state index contributed by atoms with van der Waals surface area (Å²) >= 11 is 6.44. The summed E-state index contributed by atoms with van der Waals surface area (Å²) in [7, 11) is 0. The third-order valence-corrected chi connectivity index (χ3v) is 5.30. The third-order valence-electron chi connectivity index (χ3n) is 5.01. The summed E-state index contributed by atoms with van der Waals surface area (Å²) in [5.74, 6) is 0.114. The average Bonchev–Trinajstić information content (AvgIpc) is 2.88. The fraction of sp³-hybridized carbons (Fsp3) is 0.474. The zero-order valence-electron chi connectivity index (χ0n) is 16.3. The molecule has 0 saturated carbocycles. The number of pyridine rings is 1. The van der Waals surface area contributed by atoms with Crippen molar-refractivity contribution in [2.45, 2.75) is 47.2 Å². The molecule has 1 amide bonds. The van der Waals surface area contributed by atoms with Crippen LogP contribution in [0.25, 0.3) is 0 Å². The molecule has 1 aliphatic rings. The maximum Gasteiger partial charge on any atom is 0.276 e. The average molecular weight is 390 g/mol. The molecule has 0 aromatic carbocycles. The first-order valence-electron chi connectivity index (χ1n) is 8.72. The highest BCUT2D eigenvalue weighted by Gasteiger charge is 2.59. The number of nitrogens with zero attached hydrogens (tertiary/aromatic N) is 3. The van der Waals surface area contributed by atoms with E-state index in [1.165, 1.54) is 17.0 Å². The Balaban J connectivity index is 2.32. The minimum atomic E-state index is -0.962. The van der Waals surface area contributed by atoms with Gasteiger partial charge < -0.3 is 10.6 Å². The van der Waals surface area contributed by atoms with E-state index in [2.05, 4.69) is 20.6 Å². The molecule has 2 aromatic rings. The molecule has 144 valence electrons. The monoisotopic (exact) mass is 389 g/mol. The van der Waals surface area contributed by atoms with E-state index in [1.54, 1.807) is 12.3 Å². The van der Waals surface area contributed by atoms with E-state index >= 15 is 0 Å². The van der Waals surface area contributed by atoms with E-state index < -0.39 is 16.5 Å². The molecule has 0 aliphatic carbocycles. The Bertz CT molecular complexity index is 941. The van der Waals surface area contributed by atoms with Crippen LogP contribution in [0.5, 0.6) is 0 Å². The topological polar surface area (TPSA) is 88.9 Å². The van der Waals surface area contributed by atoms with Gasteiger partial charge in [0.2, 0.25) is 0 Å². The zero-order chi connectivity index (χ0) is 20.2. The molecule has 3 heterocycles. The number of aromatic nitrogens is 3. The van der Waals surface area contributed by atoms with Crippen LogP contribution in [-0.2, 0) is 5.66 Å². The number of fused-ring (bicyclic) bond motifs is 1. The highest BCUT2D eigenvalue weighted by atomic mass is 35.5. The number of rotatable bonds is 2. The van der Waals surface area contributed by atoms with E-state index in [9.17, 15) is 9.59 Å². The summed E-state index contributed by atoms with van der Waals surface area (Å²) in [5, 5.41) is 6.27. The Hall–Kier alpha value is -2.41. The van der Waals surface area contributed by atoms with E-state index in [1.807, 2.05) is 41.5 Å². The largest absolute Gasteiger partial charge is 0.336 e. The van der Waals surface area contributed by atoms with E-state index in [0.29, 0.717) is 5.82 Å². The summed E-state index contributed by atoms with van der Waals surface area (Å²) in [6, 6.07) is 3.12. The minimum Gasteiger partial charge on any atom is -0.336 e. The van der Waals surface area contributed by atoms with Crippen LogP contribution in [0.3, 0.4) is 0 Å². The van der Waals surface area contributed by atoms with Crippen molar-refractivity contribution in [1.82, 2.24) is 19.9 Å². The fourth-order valence-corrected chi connectivity index (χ4v) is 4.44. The molecule has 0 fully saturated rings. The van der Waals surface area contributed by atoms with Gasteiger partial charge in [-0.3, -0.25) is 14.2 Å². The van der Waals surface area contributed by atoms with Crippen molar-refractivity contribution in [2.75, 3.05) is 5.32 Å². The van der Waals surface area contributed by atoms with Gasteiger partial charge in [0, 0.05) is 17.0 Å². The van der Waals surface area contributed by atoms with Crippen molar-refractivity contribution in [3.63, 3.8) is 0 Å². The molecular weight excluding hydrogens is 366 g/mol. The van der Waals surface area contributed by atoms with Gasteiger partial charge in [-0.2, -0.15) is 0 Å². The number of hydrogen-bond donors (Lipinski definition) is 2. The second-order valence-electron chi connectivity index (χ2n) is 8.78. The molecule has 0 atom stereocenters. The number of amides is 1. The molecule has 1 aliphatic heterocycles. The van der Waals surface area contributed by atoms with Gasteiger partial charge in [0.1, 0.15) is 29.2 Å². The van der Waals surface area contributed by atoms with Gasteiger partial charge in [0.25, 0.3) is 11.5 Å². The molecule has 8 heteroatoms. The van der Waals surface area contributed by atoms with Crippen molar-refractivity contribution >= 4 is 29.0 Å². The quantitative estimate of drug-likeness (QED) is 0.820. The molecule has 7 nitrogen and oxygen atoms in total. The van der Waals surface area contributed by atoms with E-state index in [4.69, 9.17) is 11.6 Å². The Labute approximate surface area is 163 Å². The van der Waals surface area contributed by atoms with Crippen LogP contribution < -0.4 is 16.2 Å². The molecule has 0 bridgehead atoms. The third kappa shape index (κ3) is 2.81. The summed E-state index contributed by atoms with van der Waals surface area (Å²) in [6.45, 7) is 12.0. The lowest BCUT2D eigenvalue weighted by Gasteiger charge is -2.51. The van der Waals surface area contributed by atoms with Gasteiger partial charge in [-0.15, -0.1) is 0 Å². The molecule has 2 N–H and O–H groups in total. The van der Waals surface area contributed by atoms with Crippen LogP contribution in [0.2, 0.25) is 5.02 Å². The Morgan fingerprint density at radius 3 is 2.30 bits per heavy atom. The summed E-state index contributed by atoms with van der Waals surface area (Å²) in [5.41, 5.74) is -1.80. The first kappa shape index (κ1) is 19.4. The highest BCUT2D eigenvalue weighted by Crippen LogP contribution is 2.50. The molecule has 0 radical (unpaired) electrons. The minimum absolute atomic E-state index is 0.180.